The fourth-order valence-corrected chi connectivity index (χ4v) is 2.68. The second-order valence-electron chi connectivity index (χ2n) is 6.08. The maximum Gasteiger partial charge on any atom is 0.339 e. The van der Waals surface area contributed by atoms with E-state index in [9.17, 15) is 14.4 Å². The quantitative estimate of drug-likeness (QED) is 0.553. The zero-order valence-electron chi connectivity index (χ0n) is 15.7. The summed E-state index contributed by atoms with van der Waals surface area (Å²) in [6.45, 7) is 5.60. The van der Waals surface area contributed by atoms with Gasteiger partial charge in [0.05, 0.1) is 18.7 Å². The van der Waals surface area contributed by atoms with Crippen LogP contribution in [0.4, 0.5) is 0 Å². The Balaban J connectivity index is 3.00. The summed E-state index contributed by atoms with van der Waals surface area (Å²) in [6.07, 6.45) is 5.91. The van der Waals surface area contributed by atoms with Crippen LogP contribution < -0.4 is 11.1 Å². The first kappa shape index (κ1) is 22.0. The molecule has 1 atom stereocenters. The number of imide groups is 1. The molecule has 0 aromatic carbocycles. The summed E-state index contributed by atoms with van der Waals surface area (Å²) in [5, 5.41) is 2.17. The molecule has 3 N–H and O–H groups in total. The molecule has 0 aliphatic carbocycles. The highest BCUT2D eigenvalue weighted by Gasteiger charge is 2.41. The third kappa shape index (κ3) is 6.03. The van der Waals surface area contributed by atoms with Crippen LogP contribution in [-0.4, -0.2) is 55.4 Å². The van der Waals surface area contributed by atoms with Crippen LogP contribution in [0.15, 0.2) is 16.6 Å². The zero-order valence-corrected chi connectivity index (χ0v) is 15.7. The van der Waals surface area contributed by atoms with Crippen LogP contribution in [0, 0.1) is 0 Å². The van der Waals surface area contributed by atoms with E-state index in [1.807, 2.05) is 13.8 Å². The highest BCUT2D eigenvalue weighted by molar-refractivity contribution is 6.12. The molecule has 2 amide bonds. The summed E-state index contributed by atoms with van der Waals surface area (Å²) < 4.78 is 11.1. The number of nitrogens with two attached hydrogens (primary N) is 1. The number of rotatable bonds is 10. The van der Waals surface area contributed by atoms with Gasteiger partial charge < -0.3 is 15.2 Å². The average molecular weight is 367 g/mol. The zero-order chi connectivity index (χ0) is 19.6. The van der Waals surface area contributed by atoms with Crippen LogP contribution >= 0.6 is 0 Å². The minimum Gasteiger partial charge on any atom is -0.459 e. The van der Waals surface area contributed by atoms with Gasteiger partial charge >= 0.3 is 5.97 Å². The molecule has 0 aromatic rings. The van der Waals surface area contributed by atoms with E-state index >= 15 is 0 Å². The van der Waals surface area contributed by atoms with Crippen molar-refractivity contribution in [2.75, 3.05) is 19.7 Å². The number of dihydropyridines is 1. The third-order valence-electron chi connectivity index (χ3n) is 3.90. The lowest BCUT2D eigenvalue weighted by atomic mass is 9.96. The fourth-order valence-electron chi connectivity index (χ4n) is 2.68. The molecule has 1 aliphatic heterocycles. The van der Waals surface area contributed by atoms with Gasteiger partial charge in [0.2, 0.25) is 5.91 Å². The van der Waals surface area contributed by atoms with Crippen molar-refractivity contribution in [2.45, 2.75) is 58.2 Å². The Kier molecular flexibility index (Phi) is 9.15. The Hall–Kier alpha value is -2.06. The van der Waals surface area contributed by atoms with Gasteiger partial charge in [-0.3, -0.25) is 19.9 Å². The number of esters is 1. The van der Waals surface area contributed by atoms with E-state index in [1.165, 1.54) is 12.3 Å². The average Bonchev–Trinajstić information content (AvgIpc) is 2.62. The number of carbonyl (C=O) groups is 3. The van der Waals surface area contributed by atoms with E-state index in [-0.39, 0.29) is 31.4 Å². The number of aliphatic imine (C=N–C) groups is 1. The fraction of sp³-hybridized carbons (Fsp3) is 0.667. The van der Waals surface area contributed by atoms with Crippen molar-refractivity contribution in [3.05, 3.63) is 11.6 Å². The molecule has 0 radical (unpaired) electrons. The number of amides is 2. The van der Waals surface area contributed by atoms with Crippen molar-refractivity contribution < 1.29 is 23.9 Å². The predicted molar refractivity (Wildman–Crippen MR) is 97.7 cm³/mol. The first-order valence-electron chi connectivity index (χ1n) is 9.04. The second kappa shape index (κ2) is 10.8. The molecule has 0 fully saturated rings. The molecular weight excluding hydrogens is 338 g/mol. The first-order valence-corrected chi connectivity index (χ1v) is 9.04. The molecule has 0 saturated carbocycles. The van der Waals surface area contributed by atoms with E-state index in [1.54, 1.807) is 6.92 Å². The summed E-state index contributed by atoms with van der Waals surface area (Å²) in [5.74, 6) is -1.88. The summed E-state index contributed by atoms with van der Waals surface area (Å²) in [7, 11) is 0. The standard InChI is InChI=1S/C18H29N3O5/c1-4-7-14(8-5-2)26-16(23)13-9-18(25-6-3,12-20-11-13)17(24)21-15(22)10-19/h9,11,14H,4-8,10,12,19H2,1-3H3,(H,21,22,24). The van der Waals surface area contributed by atoms with Crippen molar-refractivity contribution in [3.8, 4) is 0 Å². The lowest BCUT2D eigenvalue weighted by Gasteiger charge is -2.30. The largest absolute Gasteiger partial charge is 0.459 e. The highest BCUT2D eigenvalue weighted by Crippen LogP contribution is 2.22. The van der Waals surface area contributed by atoms with Crippen LogP contribution in [0.1, 0.15) is 46.5 Å². The first-order chi connectivity index (χ1) is 12.4. The Morgan fingerprint density at radius 2 is 1.92 bits per heavy atom. The van der Waals surface area contributed by atoms with Gasteiger partial charge in [0, 0.05) is 12.8 Å². The smallest absolute Gasteiger partial charge is 0.339 e. The molecule has 8 heteroatoms. The summed E-state index contributed by atoms with van der Waals surface area (Å²) in [6, 6.07) is 0. The third-order valence-corrected chi connectivity index (χ3v) is 3.90. The number of hydrogen-bond donors (Lipinski definition) is 2. The molecule has 1 aliphatic rings. The summed E-state index contributed by atoms with van der Waals surface area (Å²) in [5.41, 5.74) is 3.83. The molecule has 0 saturated heterocycles. The van der Waals surface area contributed by atoms with Crippen LogP contribution in [0.3, 0.4) is 0 Å². The van der Waals surface area contributed by atoms with E-state index in [2.05, 4.69) is 10.3 Å². The minimum atomic E-state index is -1.53. The predicted octanol–water partition coefficient (Wildman–Crippen LogP) is 0.886. The SMILES string of the molecule is CCCC(CCC)OC(=O)C1=CC(OCC)(C(=O)NC(=O)CN)CN=C1. The lowest BCUT2D eigenvalue weighted by molar-refractivity contribution is -0.145. The van der Waals surface area contributed by atoms with E-state index in [0.29, 0.717) is 0 Å². The Morgan fingerprint density at radius 1 is 1.27 bits per heavy atom. The van der Waals surface area contributed by atoms with Gasteiger partial charge in [0.1, 0.15) is 6.10 Å². The maximum atomic E-state index is 12.5. The van der Waals surface area contributed by atoms with E-state index in [0.717, 1.165) is 25.7 Å². The summed E-state index contributed by atoms with van der Waals surface area (Å²) in [4.78, 5) is 40.5. The maximum absolute atomic E-state index is 12.5. The van der Waals surface area contributed by atoms with Gasteiger partial charge in [0.25, 0.3) is 5.91 Å². The van der Waals surface area contributed by atoms with Gasteiger partial charge in [-0.25, -0.2) is 4.79 Å². The van der Waals surface area contributed by atoms with Crippen molar-refractivity contribution in [3.63, 3.8) is 0 Å². The molecule has 1 unspecified atom stereocenters. The van der Waals surface area contributed by atoms with Gasteiger partial charge in [-0.1, -0.05) is 26.7 Å². The molecule has 0 bridgehead atoms. The highest BCUT2D eigenvalue weighted by atomic mass is 16.5. The number of carbonyl (C=O) groups excluding carboxylic acids is 3. The lowest BCUT2D eigenvalue weighted by Crippen LogP contribution is -2.54. The molecule has 1 rings (SSSR count). The van der Waals surface area contributed by atoms with Gasteiger partial charge in [-0.15, -0.1) is 0 Å². The molecule has 1 heterocycles. The molecule has 146 valence electrons. The van der Waals surface area contributed by atoms with Gasteiger partial charge in [-0.2, -0.15) is 0 Å². The van der Waals surface area contributed by atoms with Crippen LogP contribution in [0.5, 0.6) is 0 Å². The van der Waals surface area contributed by atoms with Crippen molar-refractivity contribution in [1.29, 1.82) is 0 Å². The monoisotopic (exact) mass is 367 g/mol. The molecule has 26 heavy (non-hydrogen) atoms. The Morgan fingerprint density at radius 3 is 2.46 bits per heavy atom. The number of hydrogen-bond acceptors (Lipinski definition) is 7. The normalized spacial score (nSPS) is 19.2. The van der Waals surface area contributed by atoms with E-state index in [4.69, 9.17) is 15.2 Å². The van der Waals surface area contributed by atoms with Crippen molar-refractivity contribution in [1.82, 2.24) is 5.32 Å². The van der Waals surface area contributed by atoms with Crippen LogP contribution in [0.2, 0.25) is 0 Å². The van der Waals surface area contributed by atoms with Gasteiger partial charge in [-0.05, 0) is 25.8 Å². The Bertz CT molecular complexity index is 567. The Labute approximate surface area is 154 Å². The van der Waals surface area contributed by atoms with Crippen LogP contribution in [-0.2, 0) is 23.9 Å². The topological polar surface area (TPSA) is 120 Å². The molecule has 0 spiro atoms. The number of ether oxygens (including phenoxy) is 2. The van der Waals surface area contributed by atoms with Gasteiger partial charge in [0.15, 0.2) is 5.60 Å². The minimum absolute atomic E-state index is 0.0331. The molecule has 0 aromatic heterocycles. The molecular formula is C18H29N3O5. The number of nitrogens with zero attached hydrogens (tertiary/aromatic N) is 1. The van der Waals surface area contributed by atoms with Crippen LogP contribution in [0.25, 0.3) is 0 Å². The second-order valence-corrected chi connectivity index (χ2v) is 6.08. The number of nitrogens with one attached hydrogen (secondary N) is 1. The molecule has 8 nitrogen and oxygen atoms in total. The summed E-state index contributed by atoms with van der Waals surface area (Å²) >= 11 is 0. The van der Waals surface area contributed by atoms with Crippen molar-refractivity contribution in [2.24, 2.45) is 10.7 Å². The van der Waals surface area contributed by atoms with E-state index < -0.39 is 23.4 Å². The van der Waals surface area contributed by atoms with Crippen molar-refractivity contribution >= 4 is 24.0 Å².